The van der Waals surface area contributed by atoms with Crippen LogP contribution in [0.4, 0.5) is 0 Å². The van der Waals surface area contributed by atoms with Crippen molar-refractivity contribution in [2.24, 2.45) is 5.92 Å². The molecule has 0 rings (SSSR count). The van der Waals surface area contributed by atoms with Crippen molar-refractivity contribution in [2.45, 2.75) is 52.6 Å². The van der Waals surface area contributed by atoms with Crippen LogP contribution in [-0.2, 0) is 4.79 Å². The summed E-state index contributed by atoms with van der Waals surface area (Å²) >= 11 is 0. The van der Waals surface area contributed by atoms with Crippen LogP contribution in [0.25, 0.3) is 0 Å². The maximum Gasteiger partial charge on any atom is 0.236 e. The lowest BCUT2D eigenvalue weighted by Crippen LogP contribution is -2.51. The largest absolute Gasteiger partial charge is 0.358 e. The molecule has 0 spiro atoms. The Balaban J connectivity index is 4.33. The van der Waals surface area contributed by atoms with Crippen LogP contribution in [0.1, 0.15) is 41.0 Å². The van der Waals surface area contributed by atoms with E-state index < -0.39 is 0 Å². The van der Waals surface area contributed by atoms with E-state index >= 15 is 0 Å². The number of carbonyl (C=O) groups is 1. The lowest BCUT2D eigenvalue weighted by Gasteiger charge is -2.28. The Morgan fingerprint density at radius 3 is 2.07 bits per heavy atom. The van der Waals surface area contributed by atoms with Crippen LogP contribution in [0.5, 0.6) is 0 Å². The highest BCUT2D eigenvalue weighted by Gasteiger charge is 2.23. The molecule has 14 heavy (non-hydrogen) atoms. The lowest BCUT2D eigenvalue weighted by atomic mass is 9.99. The molecule has 0 heterocycles. The molecular formula is C11H24N2O. The first-order valence-corrected chi connectivity index (χ1v) is 5.25. The first-order chi connectivity index (χ1) is 6.26. The first-order valence-electron chi connectivity index (χ1n) is 5.25. The predicted octanol–water partition coefficient (Wildman–Crippen LogP) is 1.54. The number of hydrogen-bond donors (Lipinski definition) is 2. The molecule has 0 radical (unpaired) electrons. The second-order valence-electron chi connectivity index (χ2n) is 5.19. The first kappa shape index (κ1) is 13.4. The van der Waals surface area contributed by atoms with Crippen molar-refractivity contribution in [2.75, 3.05) is 7.05 Å². The van der Waals surface area contributed by atoms with E-state index in [9.17, 15) is 4.79 Å². The molecule has 0 saturated heterocycles. The quantitative estimate of drug-likeness (QED) is 0.722. The molecule has 0 aliphatic heterocycles. The van der Waals surface area contributed by atoms with Crippen LogP contribution in [0.15, 0.2) is 0 Å². The van der Waals surface area contributed by atoms with E-state index in [4.69, 9.17) is 0 Å². The molecule has 0 aromatic rings. The minimum Gasteiger partial charge on any atom is -0.358 e. The molecule has 3 nitrogen and oxygen atoms in total. The zero-order valence-electron chi connectivity index (χ0n) is 10.3. The van der Waals surface area contributed by atoms with Crippen LogP contribution in [0, 0.1) is 5.92 Å². The van der Waals surface area contributed by atoms with Crippen molar-refractivity contribution in [3.8, 4) is 0 Å². The molecule has 1 amide bonds. The Kier molecular flexibility index (Phi) is 5.13. The highest BCUT2D eigenvalue weighted by atomic mass is 16.2. The molecule has 0 fully saturated rings. The van der Waals surface area contributed by atoms with Crippen LogP contribution >= 0.6 is 0 Å². The molecule has 0 aromatic carbocycles. The lowest BCUT2D eigenvalue weighted by molar-refractivity contribution is -0.123. The zero-order chi connectivity index (χ0) is 11.4. The topological polar surface area (TPSA) is 41.1 Å². The van der Waals surface area contributed by atoms with Gasteiger partial charge in [-0.3, -0.25) is 4.79 Å². The van der Waals surface area contributed by atoms with Crippen LogP contribution in [0.2, 0.25) is 0 Å². The molecular weight excluding hydrogens is 176 g/mol. The standard InChI is InChI=1S/C11H24N2O/c1-8(2)7-9(10(14)12-6)13-11(3,4)5/h8-9,13H,7H2,1-6H3,(H,12,14)/t9-/m0/s1. The van der Waals surface area contributed by atoms with E-state index in [0.29, 0.717) is 5.92 Å². The summed E-state index contributed by atoms with van der Waals surface area (Å²) in [7, 11) is 1.68. The smallest absolute Gasteiger partial charge is 0.236 e. The van der Waals surface area contributed by atoms with Gasteiger partial charge in [0.25, 0.3) is 0 Å². The SMILES string of the molecule is CNC(=O)[C@H](CC(C)C)NC(C)(C)C. The van der Waals surface area contributed by atoms with E-state index in [1.54, 1.807) is 7.05 Å². The molecule has 2 N–H and O–H groups in total. The van der Waals surface area contributed by atoms with Gasteiger partial charge in [-0.25, -0.2) is 0 Å². The van der Waals surface area contributed by atoms with Crippen molar-refractivity contribution in [1.82, 2.24) is 10.6 Å². The van der Waals surface area contributed by atoms with Gasteiger partial charge in [-0.05, 0) is 33.1 Å². The second kappa shape index (κ2) is 5.35. The molecule has 0 bridgehead atoms. The van der Waals surface area contributed by atoms with E-state index in [-0.39, 0.29) is 17.5 Å². The fraction of sp³-hybridized carbons (Fsp3) is 0.909. The van der Waals surface area contributed by atoms with Gasteiger partial charge in [0.1, 0.15) is 0 Å². The predicted molar refractivity (Wildman–Crippen MR) is 60.2 cm³/mol. The summed E-state index contributed by atoms with van der Waals surface area (Å²) in [4.78, 5) is 11.6. The third-order valence-corrected chi connectivity index (χ3v) is 1.88. The summed E-state index contributed by atoms with van der Waals surface area (Å²) in [5.41, 5.74) is -0.0218. The number of nitrogens with one attached hydrogen (secondary N) is 2. The average molecular weight is 200 g/mol. The Hall–Kier alpha value is -0.570. The highest BCUT2D eigenvalue weighted by Crippen LogP contribution is 2.09. The Bertz CT molecular complexity index is 182. The molecule has 84 valence electrons. The minimum absolute atomic E-state index is 0.0218. The molecule has 0 saturated carbocycles. The van der Waals surface area contributed by atoms with Gasteiger partial charge in [-0.1, -0.05) is 13.8 Å². The number of hydrogen-bond acceptors (Lipinski definition) is 2. The van der Waals surface area contributed by atoms with Gasteiger partial charge >= 0.3 is 0 Å². The molecule has 1 atom stereocenters. The van der Waals surface area contributed by atoms with E-state index in [1.165, 1.54) is 0 Å². The highest BCUT2D eigenvalue weighted by molar-refractivity contribution is 5.81. The number of amides is 1. The number of rotatable bonds is 4. The molecule has 3 heteroatoms. The molecule has 0 unspecified atom stereocenters. The van der Waals surface area contributed by atoms with Crippen molar-refractivity contribution in [1.29, 1.82) is 0 Å². The minimum atomic E-state index is -0.0833. The van der Waals surface area contributed by atoms with Crippen molar-refractivity contribution in [3.05, 3.63) is 0 Å². The summed E-state index contributed by atoms with van der Waals surface area (Å²) in [5.74, 6) is 0.598. The van der Waals surface area contributed by atoms with Crippen molar-refractivity contribution in [3.63, 3.8) is 0 Å². The van der Waals surface area contributed by atoms with E-state index in [2.05, 4.69) is 45.3 Å². The van der Waals surface area contributed by atoms with Gasteiger partial charge in [0.15, 0.2) is 0 Å². The Morgan fingerprint density at radius 1 is 1.29 bits per heavy atom. The number of carbonyl (C=O) groups excluding carboxylic acids is 1. The van der Waals surface area contributed by atoms with Gasteiger partial charge in [0.05, 0.1) is 6.04 Å². The Morgan fingerprint density at radius 2 is 1.79 bits per heavy atom. The third kappa shape index (κ3) is 5.97. The summed E-state index contributed by atoms with van der Waals surface area (Å²) in [6, 6.07) is -0.0833. The van der Waals surface area contributed by atoms with Gasteiger partial charge in [-0.15, -0.1) is 0 Å². The van der Waals surface area contributed by atoms with Crippen LogP contribution in [-0.4, -0.2) is 24.5 Å². The molecule has 0 aliphatic carbocycles. The normalized spacial score (nSPS) is 14.2. The van der Waals surface area contributed by atoms with Gasteiger partial charge in [0, 0.05) is 12.6 Å². The van der Waals surface area contributed by atoms with Gasteiger partial charge < -0.3 is 10.6 Å². The zero-order valence-corrected chi connectivity index (χ0v) is 10.3. The maximum atomic E-state index is 11.6. The summed E-state index contributed by atoms with van der Waals surface area (Å²) in [6.07, 6.45) is 0.872. The second-order valence-corrected chi connectivity index (χ2v) is 5.19. The number of likely N-dealkylation sites (N-methyl/N-ethyl adjacent to an activating group) is 1. The summed E-state index contributed by atoms with van der Waals surface area (Å²) in [5, 5.41) is 6.02. The molecule has 0 aromatic heterocycles. The fourth-order valence-corrected chi connectivity index (χ4v) is 1.40. The monoisotopic (exact) mass is 200 g/mol. The van der Waals surface area contributed by atoms with Gasteiger partial charge in [-0.2, -0.15) is 0 Å². The molecule has 0 aliphatic rings. The van der Waals surface area contributed by atoms with Gasteiger partial charge in [0.2, 0.25) is 5.91 Å². The summed E-state index contributed by atoms with van der Waals surface area (Å²) in [6.45, 7) is 10.5. The van der Waals surface area contributed by atoms with Crippen LogP contribution < -0.4 is 10.6 Å². The third-order valence-electron chi connectivity index (χ3n) is 1.88. The van der Waals surface area contributed by atoms with E-state index in [0.717, 1.165) is 6.42 Å². The van der Waals surface area contributed by atoms with E-state index in [1.807, 2.05) is 0 Å². The fourth-order valence-electron chi connectivity index (χ4n) is 1.40. The average Bonchev–Trinajstić information content (AvgIpc) is 1.98. The summed E-state index contributed by atoms with van der Waals surface area (Å²) < 4.78 is 0. The van der Waals surface area contributed by atoms with Crippen LogP contribution in [0.3, 0.4) is 0 Å². The van der Waals surface area contributed by atoms with Crippen molar-refractivity contribution < 1.29 is 4.79 Å². The van der Waals surface area contributed by atoms with Crippen molar-refractivity contribution >= 4 is 5.91 Å². The maximum absolute atomic E-state index is 11.6. The Labute approximate surface area is 87.6 Å².